The first-order valence-electron chi connectivity index (χ1n) is 10.9. The number of rotatable bonds is 4. The Balaban J connectivity index is 1.78. The van der Waals surface area contributed by atoms with Crippen LogP contribution in [-0.4, -0.2) is 28.9 Å². The molecule has 4 aliphatic rings. The highest BCUT2D eigenvalue weighted by atomic mass is 16.5. The highest BCUT2D eigenvalue weighted by molar-refractivity contribution is 5.91. The molecule has 0 saturated heterocycles. The number of carboxylic acid groups (broad SMARTS) is 1. The monoisotopic (exact) mass is 400 g/mol. The summed E-state index contributed by atoms with van der Waals surface area (Å²) >= 11 is 0. The second-order valence-electron chi connectivity index (χ2n) is 10.4. The fourth-order valence-corrected chi connectivity index (χ4v) is 7.92. The summed E-state index contributed by atoms with van der Waals surface area (Å²) in [6.07, 6.45) is 6.45. The largest absolute Gasteiger partial charge is 0.481 e. The van der Waals surface area contributed by atoms with Gasteiger partial charge in [-0.3, -0.25) is 14.4 Å². The Labute approximate surface area is 172 Å². The SMILES string of the molecule is C=CCC(=O)OC1C(=C)C2CCC3C4(C)CCCC(C)(C(=O)O)C4C(=O)CC13C2. The van der Waals surface area contributed by atoms with E-state index in [2.05, 4.69) is 20.1 Å². The predicted molar refractivity (Wildman–Crippen MR) is 108 cm³/mol. The molecule has 29 heavy (non-hydrogen) atoms. The standard InChI is InChI=1S/C24H32O5/c1-5-7-18(26)29-20-14(2)15-8-9-17-22(3)10-6-11-23(4,21(27)28)19(22)16(25)13-24(17,20)12-15/h5,15,17,19-20H,1-2,6-13H2,3-4H3,(H,27,28). The third kappa shape index (κ3) is 2.62. The van der Waals surface area contributed by atoms with Crippen LogP contribution in [0.4, 0.5) is 0 Å². The third-order valence-corrected chi connectivity index (χ3v) is 8.89. The van der Waals surface area contributed by atoms with Crippen molar-refractivity contribution >= 4 is 17.7 Å². The van der Waals surface area contributed by atoms with E-state index in [1.54, 1.807) is 6.92 Å². The van der Waals surface area contributed by atoms with Gasteiger partial charge in [0.2, 0.25) is 0 Å². The summed E-state index contributed by atoms with van der Waals surface area (Å²) in [7, 11) is 0. The van der Waals surface area contributed by atoms with Gasteiger partial charge in [0.15, 0.2) is 0 Å². The van der Waals surface area contributed by atoms with Crippen LogP contribution >= 0.6 is 0 Å². The van der Waals surface area contributed by atoms with Gasteiger partial charge in [0, 0.05) is 17.8 Å². The molecule has 0 aromatic carbocycles. The Hall–Kier alpha value is -1.91. The van der Waals surface area contributed by atoms with Crippen molar-refractivity contribution in [2.24, 2.45) is 34.0 Å². The van der Waals surface area contributed by atoms with Crippen molar-refractivity contribution in [1.29, 1.82) is 0 Å². The first kappa shape index (κ1) is 20.4. The normalized spacial score (nSPS) is 45.9. The molecule has 4 saturated carbocycles. The molecule has 4 rings (SSSR count). The number of fused-ring (bicyclic) bond motifs is 3. The van der Waals surface area contributed by atoms with Crippen molar-refractivity contribution in [3.05, 3.63) is 24.8 Å². The van der Waals surface area contributed by atoms with E-state index in [1.165, 1.54) is 6.08 Å². The summed E-state index contributed by atoms with van der Waals surface area (Å²) in [5.41, 5.74) is -0.903. The molecule has 0 radical (unpaired) electrons. The number of aliphatic carboxylic acids is 1. The smallest absolute Gasteiger partial charge is 0.310 e. The number of carboxylic acids is 1. The minimum absolute atomic E-state index is 0.0356. The van der Waals surface area contributed by atoms with Crippen LogP contribution in [-0.2, 0) is 19.1 Å². The summed E-state index contributed by atoms with van der Waals surface area (Å²) in [5.74, 6) is -1.20. The topological polar surface area (TPSA) is 80.7 Å². The molecule has 0 aromatic rings. The summed E-state index contributed by atoms with van der Waals surface area (Å²) in [5, 5.41) is 10.0. The number of ether oxygens (including phenoxy) is 1. The van der Waals surface area contributed by atoms with Crippen LogP contribution in [0, 0.1) is 34.0 Å². The fraction of sp³-hybridized carbons (Fsp3) is 0.708. The molecular formula is C24H32O5. The highest BCUT2D eigenvalue weighted by Gasteiger charge is 2.71. The maximum Gasteiger partial charge on any atom is 0.310 e. The minimum Gasteiger partial charge on any atom is -0.481 e. The summed E-state index contributed by atoms with van der Waals surface area (Å²) in [6.45, 7) is 11.8. The van der Waals surface area contributed by atoms with Crippen LogP contribution in [0.3, 0.4) is 0 Å². The summed E-state index contributed by atoms with van der Waals surface area (Å²) in [6, 6.07) is 0. The Kier molecular flexibility index (Phi) is 4.60. The van der Waals surface area contributed by atoms with Gasteiger partial charge in [0.25, 0.3) is 0 Å². The van der Waals surface area contributed by atoms with Gasteiger partial charge in [-0.25, -0.2) is 0 Å². The van der Waals surface area contributed by atoms with Crippen LogP contribution in [0.2, 0.25) is 0 Å². The molecule has 5 heteroatoms. The van der Waals surface area contributed by atoms with Gasteiger partial charge in [-0.15, -0.1) is 6.58 Å². The average molecular weight is 401 g/mol. The zero-order valence-electron chi connectivity index (χ0n) is 17.5. The minimum atomic E-state index is -1.02. The summed E-state index contributed by atoms with van der Waals surface area (Å²) in [4.78, 5) is 38.2. The van der Waals surface area contributed by atoms with Gasteiger partial charge in [0.05, 0.1) is 11.8 Å². The molecule has 0 amide bonds. The summed E-state index contributed by atoms with van der Waals surface area (Å²) < 4.78 is 5.93. The van der Waals surface area contributed by atoms with Gasteiger partial charge in [0.1, 0.15) is 11.9 Å². The zero-order chi connectivity index (χ0) is 21.2. The van der Waals surface area contributed by atoms with Gasteiger partial charge in [-0.1, -0.05) is 26.0 Å². The van der Waals surface area contributed by atoms with Crippen LogP contribution < -0.4 is 0 Å². The van der Waals surface area contributed by atoms with Crippen LogP contribution in [0.1, 0.15) is 65.2 Å². The molecule has 1 N–H and O–H groups in total. The molecular weight excluding hydrogens is 368 g/mol. The number of esters is 1. The van der Waals surface area contributed by atoms with E-state index in [0.717, 1.165) is 37.7 Å². The molecule has 1 spiro atoms. The molecule has 0 aliphatic heterocycles. The maximum absolute atomic E-state index is 13.6. The molecule has 7 atom stereocenters. The second kappa shape index (κ2) is 6.55. The van der Waals surface area contributed by atoms with E-state index >= 15 is 0 Å². The molecule has 7 unspecified atom stereocenters. The number of Topliss-reactive ketones (excluding diaryl/α,β-unsaturated/α-hetero) is 1. The molecule has 4 fully saturated rings. The van der Waals surface area contributed by atoms with Gasteiger partial charge in [-0.2, -0.15) is 0 Å². The van der Waals surface area contributed by atoms with Crippen LogP contribution in [0.5, 0.6) is 0 Å². The third-order valence-electron chi connectivity index (χ3n) is 8.89. The highest BCUT2D eigenvalue weighted by Crippen LogP contribution is 2.71. The first-order valence-corrected chi connectivity index (χ1v) is 10.9. The lowest BCUT2D eigenvalue weighted by molar-refractivity contribution is -0.197. The molecule has 5 nitrogen and oxygen atoms in total. The van der Waals surface area contributed by atoms with E-state index in [-0.39, 0.29) is 35.4 Å². The van der Waals surface area contributed by atoms with E-state index in [1.807, 2.05) is 0 Å². The van der Waals surface area contributed by atoms with Gasteiger partial charge in [-0.05, 0) is 61.9 Å². The van der Waals surface area contributed by atoms with Crippen LogP contribution in [0.15, 0.2) is 24.8 Å². The predicted octanol–water partition coefficient (Wildman–Crippen LogP) is 4.32. The van der Waals surface area contributed by atoms with E-state index < -0.39 is 28.8 Å². The fourth-order valence-electron chi connectivity index (χ4n) is 7.92. The van der Waals surface area contributed by atoms with Crippen molar-refractivity contribution in [1.82, 2.24) is 0 Å². The number of ketones is 1. The average Bonchev–Trinajstić information content (AvgIpc) is 2.81. The van der Waals surface area contributed by atoms with Crippen molar-refractivity contribution in [2.45, 2.75) is 71.3 Å². The molecule has 158 valence electrons. The van der Waals surface area contributed by atoms with Crippen molar-refractivity contribution in [3.8, 4) is 0 Å². The number of carbonyl (C=O) groups excluding carboxylic acids is 2. The van der Waals surface area contributed by atoms with Gasteiger partial charge < -0.3 is 9.84 Å². The van der Waals surface area contributed by atoms with Crippen molar-refractivity contribution < 1.29 is 24.2 Å². The van der Waals surface area contributed by atoms with Crippen LogP contribution in [0.25, 0.3) is 0 Å². The quantitative estimate of drug-likeness (QED) is 0.562. The number of carbonyl (C=O) groups is 3. The lowest BCUT2D eigenvalue weighted by Gasteiger charge is -2.62. The van der Waals surface area contributed by atoms with Gasteiger partial charge >= 0.3 is 11.9 Å². The molecule has 2 bridgehead atoms. The lowest BCUT2D eigenvalue weighted by Crippen LogP contribution is -2.64. The molecule has 4 aliphatic carbocycles. The molecule has 0 aromatic heterocycles. The van der Waals surface area contributed by atoms with Crippen molar-refractivity contribution in [2.75, 3.05) is 0 Å². The van der Waals surface area contributed by atoms with E-state index in [0.29, 0.717) is 12.8 Å². The Morgan fingerprint density at radius 2 is 2.00 bits per heavy atom. The van der Waals surface area contributed by atoms with Crippen molar-refractivity contribution in [3.63, 3.8) is 0 Å². The Morgan fingerprint density at radius 3 is 2.66 bits per heavy atom. The lowest BCUT2D eigenvalue weighted by atomic mass is 9.40. The maximum atomic E-state index is 13.6. The zero-order valence-corrected chi connectivity index (χ0v) is 17.5. The second-order valence-corrected chi connectivity index (χ2v) is 10.4. The van der Waals surface area contributed by atoms with E-state index in [9.17, 15) is 19.5 Å². The first-order chi connectivity index (χ1) is 13.6. The van der Waals surface area contributed by atoms with E-state index in [4.69, 9.17) is 4.74 Å². The number of hydrogen-bond donors (Lipinski definition) is 1. The number of hydrogen-bond acceptors (Lipinski definition) is 4. The Bertz CT molecular complexity index is 799. The molecule has 0 heterocycles. The Morgan fingerprint density at radius 1 is 1.28 bits per heavy atom.